The van der Waals surface area contributed by atoms with Gasteiger partial charge in [-0.3, -0.25) is 15.0 Å². The number of nitrogens with zero attached hydrogens (tertiary/aromatic N) is 5. The van der Waals surface area contributed by atoms with Crippen LogP contribution in [0.1, 0.15) is 35.8 Å². The molecule has 0 aliphatic carbocycles. The van der Waals surface area contributed by atoms with Crippen LogP contribution in [0.2, 0.25) is 0 Å². The first-order chi connectivity index (χ1) is 15.5. The number of aromatic nitrogens is 3. The first-order valence-electron chi connectivity index (χ1n) is 10.7. The summed E-state index contributed by atoms with van der Waals surface area (Å²) in [7, 11) is 0. The molecule has 4 N–H and O–H groups in total. The first-order valence-corrected chi connectivity index (χ1v) is 10.7. The molecule has 32 heavy (non-hydrogen) atoms. The van der Waals surface area contributed by atoms with Crippen LogP contribution in [0.25, 0.3) is 0 Å². The van der Waals surface area contributed by atoms with Crippen LogP contribution in [0.5, 0.6) is 0 Å². The second kappa shape index (κ2) is 9.45. The van der Waals surface area contributed by atoms with Crippen molar-refractivity contribution in [2.24, 2.45) is 0 Å². The predicted molar refractivity (Wildman–Crippen MR) is 118 cm³/mol. The van der Waals surface area contributed by atoms with E-state index < -0.39 is 12.1 Å². The largest absolute Gasteiger partial charge is 0.394 e. The molecule has 11 nitrogen and oxygen atoms in total. The summed E-state index contributed by atoms with van der Waals surface area (Å²) in [6, 6.07) is 3.05. The topological polar surface area (TPSA) is 144 Å². The molecule has 170 valence electrons. The highest BCUT2D eigenvalue weighted by Gasteiger charge is 2.40. The number of rotatable bonds is 7. The molecule has 2 atom stereocenters. The van der Waals surface area contributed by atoms with Crippen LogP contribution < -0.4 is 20.4 Å². The summed E-state index contributed by atoms with van der Waals surface area (Å²) in [5, 5.41) is 23.8. The third-order valence-corrected chi connectivity index (χ3v) is 5.64. The van der Waals surface area contributed by atoms with E-state index >= 15 is 0 Å². The molecule has 0 saturated carbocycles. The van der Waals surface area contributed by atoms with Crippen molar-refractivity contribution < 1.29 is 19.8 Å². The van der Waals surface area contributed by atoms with E-state index in [-0.39, 0.29) is 30.2 Å². The quantitative estimate of drug-likeness (QED) is 0.487. The maximum atomic E-state index is 13.2. The fourth-order valence-corrected chi connectivity index (χ4v) is 3.98. The molecule has 0 spiro atoms. The number of urea groups is 1. The van der Waals surface area contributed by atoms with Gasteiger partial charge in [-0.1, -0.05) is 0 Å². The number of aliphatic hydroxyl groups is 2. The van der Waals surface area contributed by atoms with Crippen molar-refractivity contribution in [3.63, 3.8) is 0 Å². The summed E-state index contributed by atoms with van der Waals surface area (Å²) in [5.74, 6) is 0.326. The van der Waals surface area contributed by atoms with Gasteiger partial charge in [0.2, 0.25) is 5.95 Å². The molecule has 4 rings (SSSR count). The van der Waals surface area contributed by atoms with E-state index in [1.54, 1.807) is 23.4 Å². The number of anilines is 3. The predicted octanol–water partition coefficient (Wildman–Crippen LogP) is 0.538. The van der Waals surface area contributed by atoms with Crippen LogP contribution >= 0.6 is 0 Å². The van der Waals surface area contributed by atoms with Gasteiger partial charge in [-0.05, 0) is 43.9 Å². The van der Waals surface area contributed by atoms with Crippen molar-refractivity contribution in [3.8, 4) is 0 Å². The molecule has 1 saturated heterocycles. The van der Waals surface area contributed by atoms with E-state index in [1.165, 1.54) is 0 Å². The van der Waals surface area contributed by atoms with Crippen LogP contribution in [0.15, 0.2) is 24.5 Å². The first kappa shape index (κ1) is 21.9. The number of carbonyl (C=O) groups excluding carboxylic acids is 2. The average molecular weight is 441 g/mol. The summed E-state index contributed by atoms with van der Waals surface area (Å²) in [4.78, 5) is 42.1. The van der Waals surface area contributed by atoms with Crippen molar-refractivity contribution in [2.45, 2.75) is 38.3 Å². The Balaban J connectivity index is 1.51. The Labute approximate surface area is 185 Å². The smallest absolute Gasteiger partial charge is 0.330 e. The highest BCUT2D eigenvalue weighted by Crippen LogP contribution is 2.39. The maximum absolute atomic E-state index is 13.2. The van der Waals surface area contributed by atoms with Crippen molar-refractivity contribution in [1.82, 2.24) is 20.3 Å². The fourth-order valence-electron chi connectivity index (χ4n) is 3.98. The highest BCUT2D eigenvalue weighted by molar-refractivity contribution is 6.04. The lowest BCUT2D eigenvalue weighted by Crippen LogP contribution is -2.48. The molecule has 2 aromatic heterocycles. The summed E-state index contributed by atoms with van der Waals surface area (Å²) < 4.78 is 0. The number of hydrogen-bond donors (Lipinski definition) is 4. The summed E-state index contributed by atoms with van der Waals surface area (Å²) in [5.41, 5.74) is 1.87. The van der Waals surface area contributed by atoms with Crippen LogP contribution in [0.3, 0.4) is 0 Å². The number of aliphatic hydroxyl groups excluding tert-OH is 2. The zero-order valence-corrected chi connectivity index (χ0v) is 17.9. The fraction of sp³-hybridized carbons (Fsp3) is 0.476. The number of hydrogen-bond acceptors (Lipinski definition) is 8. The van der Waals surface area contributed by atoms with Gasteiger partial charge in [0.15, 0.2) is 5.82 Å². The van der Waals surface area contributed by atoms with E-state index in [0.29, 0.717) is 31.7 Å². The molecule has 2 aliphatic rings. The number of fused-ring (bicyclic) bond motifs is 4. The van der Waals surface area contributed by atoms with E-state index in [1.807, 2.05) is 13.0 Å². The Morgan fingerprint density at radius 3 is 2.78 bits per heavy atom. The van der Waals surface area contributed by atoms with Gasteiger partial charge in [-0.2, -0.15) is 0 Å². The lowest BCUT2D eigenvalue weighted by molar-refractivity contribution is 0.0885. The van der Waals surface area contributed by atoms with Gasteiger partial charge in [0.25, 0.3) is 5.91 Å². The minimum absolute atomic E-state index is 0.0567. The Kier molecular flexibility index (Phi) is 6.47. The molecule has 2 aliphatic heterocycles. The number of pyridine rings is 1. The molecular weight excluding hydrogens is 414 g/mol. The molecule has 0 aromatic carbocycles. The monoisotopic (exact) mass is 441 g/mol. The van der Waals surface area contributed by atoms with Crippen LogP contribution in [-0.2, 0) is 6.42 Å². The lowest BCUT2D eigenvalue weighted by Gasteiger charge is -2.35. The lowest BCUT2D eigenvalue weighted by atomic mass is 10.1. The van der Waals surface area contributed by atoms with E-state index in [0.717, 1.165) is 24.2 Å². The normalized spacial score (nSPS) is 17.7. The Morgan fingerprint density at radius 1 is 1.28 bits per heavy atom. The molecule has 2 unspecified atom stereocenters. The third kappa shape index (κ3) is 4.48. The minimum atomic E-state index is -0.781. The Morgan fingerprint density at radius 2 is 2.06 bits per heavy atom. The van der Waals surface area contributed by atoms with Crippen LogP contribution in [-0.4, -0.2) is 75.5 Å². The van der Waals surface area contributed by atoms with Crippen molar-refractivity contribution in [3.05, 3.63) is 35.8 Å². The molecule has 3 amide bonds. The number of nitrogens with one attached hydrogen (secondary N) is 2. The van der Waals surface area contributed by atoms with E-state index in [2.05, 4.69) is 30.5 Å². The standard InChI is InChI=1S/C21H27N7O4/c1-2-22-19(31)16-5-6-17-18(25-16)28(14-7-8-27(17)11-14)21(32)26-20-23-9-13(10-24-20)3-4-15(30)12-29/h5-6,9-10,14-15,29-30H,2-4,7-8,11-12H2,1H3,(H,22,31)(H,23,24,26,32). The van der Waals surface area contributed by atoms with E-state index in [9.17, 15) is 14.7 Å². The molecule has 1 fully saturated rings. The van der Waals surface area contributed by atoms with E-state index in [4.69, 9.17) is 5.11 Å². The van der Waals surface area contributed by atoms with Gasteiger partial charge >= 0.3 is 6.03 Å². The number of carbonyl (C=O) groups is 2. The molecule has 0 radical (unpaired) electrons. The molecule has 2 bridgehead atoms. The van der Waals surface area contributed by atoms with Gasteiger partial charge in [0, 0.05) is 32.0 Å². The second-order valence-corrected chi connectivity index (χ2v) is 7.88. The SMILES string of the molecule is CCNC(=O)c1ccc2c(n1)N(C(=O)Nc1ncc(CCC(O)CO)cn1)C1CCN2C1. The van der Waals surface area contributed by atoms with Crippen LogP contribution in [0.4, 0.5) is 22.2 Å². The van der Waals surface area contributed by atoms with Crippen molar-refractivity contribution >= 4 is 29.4 Å². The molecule has 11 heteroatoms. The molecule has 4 heterocycles. The second-order valence-electron chi connectivity index (χ2n) is 7.88. The van der Waals surface area contributed by atoms with Gasteiger partial charge in [-0.15, -0.1) is 0 Å². The summed E-state index contributed by atoms with van der Waals surface area (Å²) >= 11 is 0. The van der Waals surface area contributed by atoms with Gasteiger partial charge < -0.3 is 20.4 Å². The Bertz CT molecular complexity index is 985. The zero-order chi connectivity index (χ0) is 22.7. The van der Waals surface area contributed by atoms with Gasteiger partial charge in [0.05, 0.1) is 24.4 Å². The summed E-state index contributed by atoms with van der Waals surface area (Å²) in [6.45, 7) is 3.55. The van der Waals surface area contributed by atoms with Gasteiger partial charge in [-0.25, -0.2) is 19.7 Å². The van der Waals surface area contributed by atoms with Crippen molar-refractivity contribution in [1.29, 1.82) is 0 Å². The van der Waals surface area contributed by atoms with Crippen LogP contribution in [0, 0.1) is 0 Å². The maximum Gasteiger partial charge on any atom is 0.330 e. The number of aryl methyl sites for hydroxylation is 1. The third-order valence-electron chi connectivity index (χ3n) is 5.64. The van der Waals surface area contributed by atoms with Crippen molar-refractivity contribution in [2.75, 3.05) is 41.4 Å². The minimum Gasteiger partial charge on any atom is -0.394 e. The van der Waals surface area contributed by atoms with Gasteiger partial charge in [0.1, 0.15) is 5.69 Å². The Hall–Kier alpha value is -3.31. The summed E-state index contributed by atoms with van der Waals surface area (Å²) in [6.07, 6.45) is 4.09. The average Bonchev–Trinajstić information content (AvgIpc) is 3.22. The highest BCUT2D eigenvalue weighted by atomic mass is 16.3. The molecular formula is C21H27N7O4. The number of amides is 3. The molecule has 2 aromatic rings. The zero-order valence-electron chi connectivity index (χ0n) is 17.9.